The van der Waals surface area contributed by atoms with Crippen LogP contribution in [0.15, 0.2) is 83.9 Å². The monoisotopic (exact) mass is 530 g/mol. The summed E-state index contributed by atoms with van der Waals surface area (Å²) in [5.41, 5.74) is 7.65. The summed E-state index contributed by atoms with van der Waals surface area (Å²) in [4.78, 5) is 20.9. The van der Waals surface area contributed by atoms with Gasteiger partial charge in [0.05, 0.1) is 18.2 Å². The molecule has 0 spiro atoms. The number of hydrogen-bond donors (Lipinski definition) is 2. The van der Waals surface area contributed by atoms with Crippen molar-refractivity contribution < 1.29 is 9.53 Å². The van der Waals surface area contributed by atoms with E-state index in [0.717, 1.165) is 25.2 Å². The quantitative estimate of drug-likeness (QED) is 0.161. The summed E-state index contributed by atoms with van der Waals surface area (Å²) in [7, 11) is 0. The van der Waals surface area contributed by atoms with Gasteiger partial charge in [0.25, 0.3) is 0 Å². The molecule has 0 saturated carbocycles. The topological polar surface area (TPSA) is 107 Å². The van der Waals surface area contributed by atoms with E-state index in [1.807, 2.05) is 30.3 Å². The van der Waals surface area contributed by atoms with Crippen LogP contribution < -0.4 is 15.8 Å². The summed E-state index contributed by atoms with van der Waals surface area (Å²) in [6.45, 7) is 3.55. The van der Waals surface area contributed by atoms with E-state index in [4.69, 9.17) is 22.1 Å². The molecule has 0 radical (unpaired) electrons. The standard InChI is InChI=1S/C29H31ClN6O2/c30-23-8-12-25(13-9-23)38-26-14-10-24(11-15-26)34-29(32)36(21-31)27(22-6-2-1-3-7-22)20-28(37)33-16-19-35-17-4-5-18-35/h1-3,6-15,27H,4-5,16-20H2,(H2,32,34)(H,33,37). The number of halogens is 1. The van der Waals surface area contributed by atoms with Crippen molar-refractivity contribution in [3.63, 3.8) is 0 Å². The summed E-state index contributed by atoms with van der Waals surface area (Å²) < 4.78 is 5.82. The largest absolute Gasteiger partial charge is 0.457 e. The van der Waals surface area contributed by atoms with E-state index >= 15 is 0 Å². The number of carbonyl (C=O) groups excluding carboxylic acids is 1. The Morgan fingerprint density at radius 2 is 1.68 bits per heavy atom. The molecular weight excluding hydrogens is 500 g/mol. The lowest BCUT2D eigenvalue weighted by Gasteiger charge is -2.26. The molecule has 1 amide bonds. The minimum absolute atomic E-state index is 0.00223. The van der Waals surface area contributed by atoms with E-state index < -0.39 is 6.04 Å². The van der Waals surface area contributed by atoms with Crippen LogP contribution >= 0.6 is 11.6 Å². The Morgan fingerprint density at radius 1 is 1.05 bits per heavy atom. The van der Waals surface area contributed by atoms with Gasteiger partial charge in [-0.1, -0.05) is 41.9 Å². The minimum atomic E-state index is -0.593. The highest BCUT2D eigenvalue weighted by Gasteiger charge is 2.25. The molecular formula is C29H31ClN6O2. The molecule has 0 aliphatic carbocycles. The zero-order valence-corrected chi connectivity index (χ0v) is 21.8. The van der Waals surface area contributed by atoms with Crippen LogP contribution in [0.5, 0.6) is 11.5 Å². The van der Waals surface area contributed by atoms with Crippen LogP contribution in [0.2, 0.25) is 5.02 Å². The zero-order valence-electron chi connectivity index (χ0n) is 21.1. The molecule has 8 nitrogen and oxygen atoms in total. The molecule has 1 aliphatic heterocycles. The van der Waals surface area contributed by atoms with E-state index in [9.17, 15) is 10.1 Å². The van der Waals surface area contributed by atoms with Crippen molar-refractivity contribution in [3.05, 3.63) is 89.4 Å². The van der Waals surface area contributed by atoms with E-state index in [1.165, 1.54) is 17.7 Å². The molecule has 4 rings (SSSR count). The number of carbonyl (C=O) groups is 1. The maximum Gasteiger partial charge on any atom is 0.222 e. The molecule has 3 N–H and O–H groups in total. The Balaban J connectivity index is 1.44. The van der Waals surface area contributed by atoms with Crippen molar-refractivity contribution in [2.45, 2.75) is 25.3 Å². The zero-order chi connectivity index (χ0) is 26.7. The Hall–Kier alpha value is -4.06. The van der Waals surface area contributed by atoms with E-state index in [2.05, 4.69) is 21.4 Å². The molecule has 0 aromatic heterocycles. The number of guanidine groups is 1. The van der Waals surface area contributed by atoms with Crippen LogP contribution in [0.4, 0.5) is 5.69 Å². The number of nitriles is 1. The first-order valence-corrected chi connectivity index (χ1v) is 13.0. The molecule has 1 aliphatic rings. The van der Waals surface area contributed by atoms with Crippen LogP contribution in [0.25, 0.3) is 0 Å². The number of nitrogens with zero attached hydrogens (tertiary/aromatic N) is 4. The third-order valence-electron chi connectivity index (χ3n) is 6.31. The van der Waals surface area contributed by atoms with Crippen LogP contribution in [-0.2, 0) is 4.79 Å². The average molecular weight is 531 g/mol. The molecule has 38 heavy (non-hydrogen) atoms. The summed E-state index contributed by atoms with van der Waals surface area (Å²) in [5, 5.41) is 13.6. The maximum absolute atomic E-state index is 12.8. The van der Waals surface area contributed by atoms with Crippen molar-refractivity contribution >= 4 is 29.2 Å². The van der Waals surface area contributed by atoms with Crippen molar-refractivity contribution in [1.29, 1.82) is 5.26 Å². The lowest BCUT2D eigenvalue weighted by Crippen LogP contribution is -2.40. The highest BCUT2D eigenvalue weighted by molar-refractivity contribution is 6.30. The van der Waals surface area contributed by atoms with Gasteiger partial charge in [-0.15, -0.1) is 0 Å². The van der Waals surface area contributed by atoms with Crippen LogP contribution in [0.1, 0.15) is 30.9 Å². The number of aliphatic imine (C=N–C) groups is 1. The maximum atomic E-state index is 12.8. The number of ether oxygens (including phenoxy) is 1. The third-order valence-corrected chi connectivity index (χ3v) is 6.56. The number of hydrogen-bond acceptors (Lipinski definition) is 5. The van der Waals surface area contributed by atoms with Gasteiger partial charge < -0.3 is 20.7 Å². The number of benzene rings is 3. The summed E-state index contributed by atoms with van der Waals surface area (Å²) in [5.74, 6) is 1.13. The molecule has 1 heterocycles. The van der Waals surface area contributed by atoms with Crippen LogP contribution in [-0.4, -0.2) is 47.8 Å². The Labute approximate surface area is 228 Å². The molecule has 1 fully saturated rings. The second-order valence-corrected chi connectivity index (χ2v) is 9.46. The molecule has 0 bridgehead atoms. The number of amides is 1. The molecule has 1 saturated heterocycles. The van der Waals surface area contributed by atoms with Crippen molar-refractivity contribution in [1.82, 2.24) is 15.1 Å². The van der Waals surface area contributed by atoms with Gasteiger partial charge in [0.2, 0.25) is 11.9 Å². The van der Waals surface area contributed by atoms with E-state index in [-0.39, 0.29) is 18.3 Å². The van der Waals surface area contributed by atoms with Crippen molar-refractivity contribution in [2.24, 2.45) is 10.7 Å². The highest BCUT2D eigenvalue weighted by Crippen LogP contribution is 2.27. The smallest absolute Gasteiger partial charge is 0.222 e. The summed E-state index contributed by atoms with van der Waals surface area (Å²) in [6, 6.07) is 22.9. The third kappa shape index (κ3) is 7.72. The number of nitrogens with one attached hydrogen (secondary N) is 1. The minimum Gasteiger partial charge on any atom is -0.457 e. The van der Waals surface area contributed by atoms with Crippen molar-refractivity contribution in [3.8, 4) is 17.7 Å². The van der Waals surface area contributed by atoms with Crippen LogP contribution in [0.3, 0.4) is 0 Å². The van der Waals surface area contributed by atoms with Gasteiger partial charge in [-0.2, -0.15) is 5.26 Å². The molecule has 1 unspecified atom stereocenters. The SMILES string of the molecule is N#CN(C(N)=Nc1ccc(Oc2ccc(Cl)cc2)cc1)C(CC(=O)NCCN1CCCC1)c1ccccc1. The second kappa shape index (κ2) is 13.5. The molecule has 1 atom stereocenters. The number of rotatable bonds is 10. The highest BCUT2D eigenvalue weighted by atomic mass is 35.5. The van der Waals surface area contributed by atoms with E-state index in [1.54, 1.807) is 48.5 Å². The number of likely N-dealkylation sites (tertiary alicyclic amines) is 1. The fourth-order valence-electron chi connectivity index (χ4n) is 4.34. The lowest BCUT2D eigenvalue weighted by atomic mass is 10.0. The normalized spacial score (nSPS) is 14.5. The van der Waals surface area contributed by atoms with Gasteiger partial charge in [-0.25, -0.2) is 9.89 Å². The van der Waals surface area contributed by atoms with Gasteiger partial charge in [-0.3, -0.25) is 4.79 Å². The second-order valence-electron chi connectivity index (χ2n) is 9.02. The number of nitrogens with two attached hydrogens (primary N) is 1. The van der Waals surface area contributed by atoms with Gasteiger partial charge >= 0.3 is 0 Å². The van der Waals surface area contributed by atoms with Crippen LogP contribution in [0, 0.1) is 11.5 Å². The van der Waals surface area contributed by atoms with Gasteiger partial charge in [0, 0.05) is 18.1 Å². The van der Waals surface area contributed by atoms with Gasteiger partial charge in [0.1, 0.15) is 11.5 Å². The first-order valence-electron chi connectivity index (χ1n) is 12.6. The lowest BCUT2D eigenvalue weighted by molar-refractivity contribution is -0.121. The predicted octanol–water partition coefficient (Wildman–Crippen LogP) is 5.20. The first kappa shape index (κ1) is 27.0. The average Bonchev–Trinajstić information content (AvgIpc) is 3.45. The predicted molar refractivity (Wildman–Crippen MR) is 149 cm³/mol. The Bertz CT molecular complexity index is 1250. The molecule has 9 heteroatoms. The van der Waals surface area contributed by atoms with Gasteiger partial charge in [0.15, 0.2) is 6.19 Å². The Kier molecular flexibility index (Phi) is 9.57. The Morgan fingerprint density at radius 3 is 2.32 bits per heavy atom. The summed E-state index contributed by atoms with van der Waals surface area (Å²) >= 11 is 5.92. The fourth-order valence-corrected chi connectivity index (χ4v) is 4.46. The molecule has 196 valence electrons. The fraction of sp³-hybridized carbons (Fsp3) is 0.276. The summed E-state index contributed by atoms with van der Waals surface area (Å²) in [6.07, 6.45) is 4.61. The van der Waals surface area contributed by atoms with E-state index in [0.29, 0.717) is 28.8 Å². The molecule has 3 aromatic rings. The first-order chi connectivity index (χ1) is 18.5. The van der Waals surface area contributed by atoms with Gasteiger partial charge in [-0.05, 0) is 80.0 Å². The molecule has 3 aromatic carbocycles. The van der Waals surface area contributed by atoms with Crippen molar-refractivity contribution in [2.75, 3.05) is 26.2 Å².